The van der Waals surface area contributed by atoms with Crippen molar-refractivity contribution in [1.82, 2.24) is 0 Å². The second kappa shape index (κ2) is 5.39. The molecule has 0 aromatic heterocycles. The molecule has 0 atom stereocenters. The van der Waals surface area contributed by atoms with Crippen LogP contribution in [0.4, 0.5) is 14.5 Å². The van der Waals surface area contributed by atoms with Crippen LogP contribution in [0.25, 0.3) is 0 Å². The highest BCUT2D eigenvalue weighted by molar-refractivity contribution is 5.46. The first-order valence-corrected chi connectivity index (χ1v) is 6.23. The molecule has 0 fully saturated rings. The molecule has 2 aromatic carbocycles. The minimum Gasteiger partial charge on any atom is -0.379 e. The van der Waals surface area contributed by atoms with Gasteiger partial charge in [-0.2, -0.15) is 0 Å². The molecule has 2 aromatic rings. The Morgan fingerprint density at radius 3 is 2.37 bits per heavy atom. The van der Waals surface area contributed by atoms with Gasteiger partial charge in [-0.05, 0) is 55.2 Å². The zero-order chi connectivity index (χ0) is 14.0. The molecule has 0 bridgehead atoms. The second-order valence-corrected chi connectivity index (χ2v) is 4.82. The Morgan fingerprint density at radius 2 is 1.63 bits per heavy atom. The Labute approximate surface area is 112 Å². The first kappa shape index (κ1) is 13.5. The number of rotatable bonds is 3. The van der Waals surface area contributed by atoms with E-state index in [1.165, 1.54) is 23.3 Å². The van der Waals surface area contributed by atoms with E-state index in [0.29, 0.717) is 6.54 Å². The molecule has 1 N–H and O–H groups in total. The summed E-state index contributed by atoms with van der Waals surface area (Å²) in [6, 6.07) is 8.33. The third-order valence-corrected chi connectivity index (χ3v) is 3.37. The molecule has 100 valence electrons. The van der Waals surface area contributed by atoms with Gasteiger partial charge in [0.2, 0.25) is 0 Å². The van der Waals surface area contributed by atoms with Gasteiger partial charge in [0.25, 0.3) is 0 Å². The van der Waals surface area contributed by atoms with Gasteiger partial charge in [-0.3, -0.25) is 0 Å². The Hall–Kier alpha value is -1.90. The van der Waals surface area contributed by atoms with Gasteiger partial charge in [0.1, 0.15) is 0 Å². The predicted molar refractivity (Wildman–Crippen MR) is 74.3 cm³/mol. The quantitative estimate of drug-likeness (QED) is 0.857. The Morgan fingerprint density at radius 1 is 0.947 bits per heavy atom. The summed E-state index contributed by atoms with van der Waals surface area (Å²) in [7, 11) is 0. The Kier molecular flexibility index (Phi) is 3.84. The van der Waals surface area contributed by atoms with E-state index in [-0.39, 0.29) is 5.69 Å². The maximum Gasteiger partial charge on any atom is 0.181 e. The molecule has 0 aliphatic rings. The molecule has 1 nitrogen and oxygen atoms in total. The van der Waals surface area contributed by atoms with Crippen molar-refractivity contribution in [3.63, 3.8) is 0 Å². The van der Waals surface area contributed by atoms with Crippen molar-refractivity contribution in [3.05, 3.63) is 64.2 Å². The van der Waals surface area contributed by atoms with Crippen LogP contribution in [0.2, 0.25) is 0 Å². The summed E-state index contributed by atoms with van der Waals surface area (Å²) < 4.78 is 26.6. The topological polar surface area (TPSA) is 12.0 Å². The van der Waals surface area contributed by atoms with Crippen LogP contribution in [-0.4, -0.2) is 0 Å². The summed E-state index contributed by atoms with van der Waals surface area (Å²) in [5.41, 5.74) is 4.86. The van der Waals surface area contributed by atoms with E-state index in [9.17, 15) is 8.78 Å². The summed E-state index contributed by atoms with van der Waals surface area (Å²) in [5.74, 6) is -1.66. The van der Waals surface area contributed by atoms with Crippen molar-refractivity contribution in [3.8, 4) is 0 Å². The van der Waals surface area contributed by atoms with E-state index in [0.717, 1.165) is 17.2 Å². The highest BCUT2D eigenvalue weighted by Crippen LogP contribution is 2.20. The van der Waals surface area contributed by atoms with Gasteiger partial charge in [0, 0.05) is 6.54 Å². The first-order chi connectivity index (χ1) is 8.99. The molecule has 0 amide bonds. The fourth-order valence-electron chi connectivity index (χ4n) is 2.04. The lowest BCUT2D eigenvalue weighted by molar-refractivity contribution is 0.511. The lowest BCUT2D eigenvalue weighted by Crippen LogP contribution is -2.05. The molecule has 0 saturated carbocycles. The molecule has 0 saturated heterocycles. The SMILES string of the molecule is Cc1cc(C)c(CNc2cccc(F)c2F)cc1C. The predicted octanol–water partition coefficient (Wildman–Crippen LogP) is 4.50. The maximum atomic E-state index is 13.5. The van der Waals surface area contributed by atoms with Gasteiger partial charge in [0.15, 0.2) is 11.6 Å². The number of hydrogen-bond acceptors (Lipinski definition) is 1. The molecule has 0 aliphatic carbocycles. The minimum absolute atomic E-state index is 0.192. The zero-order valence-corrected chi connectivity index (χ0v) is 11.3. The van der Waals surface area contributed by atoms with E-state index in [1.54, 1.807) is 0 Å². The molecule has 0 spiro atoms. The van der Waals surface area contributed by atoms with Gasteiger partial charge in [0.05, 0.1) is 5.69 Å². The van der Waals surface area contributed by atoms with E-state index < -0.39 is 11.6 Å². The van der Waals surface area contributed by atoms with Crippen LogP contribution in [0.5, 0.6) is 0 Å². The molecule has 2 rings (SSSR count). The smallest absolute Gasteiger partial charge is 0.181 e. The number of benzene rings is 2. The lowest BCUT2D eigenvalue weighted by atomic mass is 10.0. The van der Waals surface area contributed by atoms with Crippen LogP contribution in [0.1, 0.15) is 22.3 Å². The average Bonchev–Trinajstić information content (AvgIpc) is 2.37. The van der Waals surface area contributed by atoms with E-state index in [1.807, 2.05) is 13.8 Å². The van der Waals surface area contributed by atoms with Gasteiger partial charge in [-0.15, -0.1) is 0 Å². The van der Waals surface area contributed by atoms with Crippen LogP contribution >= 0.6 is 0 Å². The van der Waals surface area contributed by atoms with E-state index >= 15 is 0 Å². The molecular weight excluding hydrogens is 244 g/mol. The highest BCUT2D eigenvalue weighted by atomic mass is 19.2. The third-order valence-electron chi connectivity index (χ3n) is 3.37. The van der Waals surface area contributed by atoms with Crippen molar-refractivity contribution >= 4 is 5.69 Å². The van der Waals surface area contributed by atoms with Crippen LogP contribution in [0.15, 0.2) is 30.3 Å². The van der Waals surface area contributed by atoms with Crippen LogP contribution in [0, 0.1) is 32.4 Å². The Balaban J connectivity index is 2.19. The fraction of sp³-hybridized carbons (Fsp3) is 0.250. The highest BCUT2D eigenvalue weighted by Gasteiger charge is 2.08. The van der Waals surface area contributed by atoms with Crippen molar-refractivity contribution in [2.75, 3.05) is 5.32 Å². The van der Waals surface area contributed by atoms with Gasteiger partial charge in [-0.1, -0.05) is 18.2 Å². The number of hydrogen-bond donors (Lipinski definition) is 1. The summed E-state index contributed by atoms with van der Waals surface area (Å²) >= 11 is 0. The molecular formula is C16H17F2N. The van der Waals surface area contributed by atoms with Crippen molar-refractivity contribution in [2.45, 2.75) is 27.3 Å². The summed E-state index contributed by atoms with van der Waals surface area (Å²) in [5, 5.41) is 2.94. The van der Waals surface area contributed by atoms with Crippen LogP contribution in [-0.2, 0) is 6.54 Å². The van der Waals surface area contributed by atoms with E-state index in [2.05, 4.69) is 24.4 Å². The average molecular weight is 261 g/mol. The van der Waals surface area contributed by atoms with E-state index in [4.69, 9.17) is 0 Å². The monoisotopic (exact) mass is 261 g/mol. The third kappa shape index (κ3) is 2.92. The summed E-state index contributed by atoms with van der Waals surface area (Å²) in [4.78, 5) is 0. The molecule has 19 heavy (non-hydrogen) atoms. The van der Waals surface area contributed by atoms with Crippen LogP contribution in [0.3, 0.4) is 0 Å². The number of aryl methyl sites for hydroxylation is 3. The van der Waals surface area contributed by atoms with Gasteiger partial charge in [-0.25, -0.2) is 8.78 Å². The number of nitrogens with one attached hydrogen (secondary N) is 1. The normalized spacial score (nSPS) is 10.6. The summed E-state index contributed by atoms with van der Waals surface area (Å²) in [6.07, 6.45) is 0. The first-order valence-electron chi connectivity index (χ1n) is 6.23. The molecule has 0 radical (unpaired) electrons. The number of anilines is 1. The van der Waals surface area contributed by atoms with Crippen LogP contribution < -0.4 is 5.32 Å². The molecule has 0 aliphatic heterocycles. The molecule has 3 heteroatoms. The van der Waals surface area contributed by atoms with Crippen molar-refractivity contribution < 1.29 is 8.78 Å². The van der Waals surface area contributed by atoms with Gasteiger partial charge < -0.3 is 5.32 Å². The second-order valence-electron chi connectivity index (χ2n) is 4.82. The maximum absolute atomic E-state index is 13.5. The number of halogens is 2. The van der Waals surface area contributed by atoms with Crippen molar-refractivity contribution in [1.29, 1.82) is 0 Å². The largest absolute Gasteiger partial charge is 0.379 e. The van der Waals surface area contributed by atoms with Crippen molar-refractivity contribution in [2.24, 2.45) is 0 Å². The summed E-state index contributed by atoms with van der Waals surface area (Å²) in [6.45, 7) is 6.60. The lowest BCUT2D eigenvalue weighted by Gasteiger charge is -2.12. The molecule has 0 unspecified atom stereocenters. The zero-order valence-electron chi connectivity index (χ0n) is 11.3. The van der Waals surface area contributed by atoms with Gasteiger partial charge >= 0.3 is 0 Å². The fourth-order valence-corrected chi connectivity index (χ4v) is 2.04. The minimum atomic E-state index is -0.832. The standard InChI is InChI=1S/C16H17F2N/c1-10-7-12(3)13(8-11(10)2)9-19-15-6-4-5-14(17)16(15)18/h4-8,19H,9H2,1-3H3. The molecule has 0 heterocycles. The Bertz CT molecular complexity index is 606.